The summed E-state index contributed by atoms with van der Waals surface area (Å²) >= 11 is 0. The van der Waals surface area contributed by atoms with Gasteiger partial charge in [-0.3, -0.25) is 4.79 Å². The number of carbonyl (C=O) groups is 1. The van der Waals surface area contributed by atoms with Crippen LogP contribution in [-0.2, 0) is 16.4 Å². The SMILES string of the molecule is CCCOc1ccc(CN(CCC)C(=O)c2ccc(S(=O)(=O)C(C)C)cc2)cc1OCC. The van der Waals surface area contributed by atoms with Crippen molar-refractivity contribution < 1.29 is 22.7 Å². The molecule has 0 radical (unpaired) electrons. The third-order valence-electron chi connectivity index (χ3n) is 4.97. The molecule has 0 saturated carbocycles. The zero-order valence-electron chi connectivity index (χ0n) is 19.8. The molecule has 0 bridgehead atoms. The van der Waals surface area contributed by atoms with Crippen LogP contribution in [0.2, 0.25) is 0 Å². The number of amides is 1. The van der Waals surface area contributed by atoms with Crippen LogP contribution in [0.4, 0.5) is 0 Å². The zero-order valence-corrected chi connectivity index (χ0v) is 20.6. The number of ether oxygens (including phenoxy) is 2. The lowest BCUT2D eigenvalue weighted by Gasteiger charge is -2.23. The molecule has 0 fully saturated rings. The standard InChI is InChI=1S/C25H35NO5S/c1-6-15-26(18-20-9-14-23(31-16-7-2)24(17-20)30-8-3)25(27)21-10-12-22(13-11-21)32(28,29)19(4)5/h9-14,17,19H,6-8,15-16,18H2,1-5H3. The Bertz CT molecular complexity index is 984. The van der Waals surface area contributed by atoms with Gasteiger partial charge in [0.25, 0.3) is 5.91 Å². The van der Waals surface area contributed by atoms with E-state index >= 15 is 0 Å². The van der Waals surface area contributed by atoms with Crippen LogP contribution in [0.15, 0.2) is 47.4 Å². The van der Waals surface area contributed by atoms with E-state index in [1.165, 1.54) is 12.1 Å². The molecule has 0 spiro atoms. The van der Waals surface area contributed by atoms with Crippen molar-refractivity contribution >= 4 is 15.7 Å². The average Bonchev–Trinajstić information content (AvgIpc) is 2.78. The van der Waals surface area contributed by atoms with Gasteiger partial charge in [-0.15, -0.1) is 0 Å². The van der Waals surface area contributed by atoms with Gasteiger partial charge in [0.05, 0.1) is 23.4 Å². The highest BCUT2D eigenvalue weighted by atomic mass is 32.2. The van der Waals surface area contributed by atoms with Gasteiger partial charge in [0, 0.05) is 18.7 Å². The Kier molecular flexibility index (Phi) is 9.57. The van der Waals surface area contributed by atoms with Crippen LogP contribution >= 0.6 is 0 Å². The monoisotopic (exact) mass is 461 g/mol. The van der Waals surface area contributed by atoms with E-state index in [9.17, 15) is 13.2 Å². The molecule has 0 saturated heterocycles. The third-order valence-corrected chi connectivity index (χ3v) is 7.14. The maximum absolute atomic E-state index is 13.2. The molecule has 0 aliphatic carbocycles. The molecule has 0 aliphatic heterocycles. The first-order valence-corrected chi connectivity index (χ1v) is 12.8. The van der Waals surface area contributed by atoms with Gasteiger partial charge >= 0.3 is 0 Å². The first kappa shape index (κ1) is 25.7. The van der Waals surface area contributed by atoms with E-state index in [1.54, 1.807) is 30.9 Å². The molecule has 2 aromatic rings. The summed E-state index contributed by atoms with van der Waals surface area (Å²) in [7, 11) is -3.37. The average molecular weight is 462 g/mol. The summed E-state index contributed by atoms with van der Waals surface area (Å²) in [5.74, 6) is 1.24. The summed E-state index contributed by atoms with van der Waals surface area (Å²) in [4.78, 5) is 15.2. The molecule has 0 heterocycles. The van der Waals surface area contributed by atoms with Crippen molar-refractivity contribution in [3.05, 3.63) is 53.6 Å². The van der Waals surface area contributed by atoms with Gasteiger partial charge in [-0.05, 0) is 75.6 Å². The highest BCUT2D eigenvalue weighted by Gasteiger charge is 2.21. The molecule has 32 heavy (non-hydrogen) atoms. The molecular weight excluding hydrogens is 426 g/mol. The highest BCUT2D eigenvalue weighted by Crippen LogP contribution is 2.29. The molecule has 2 aromatic carbocycles. The van der Waals surface area contributed by atoms with Crippen molar-refractivity contribution in [2.75, 3.05) is 19.8 Å². The summed E-state index contributed by atoms with van der Waals surface area (Å²) in [5, 5.41) is -0.510. The summed E-state index contributed by atoms with van der Waals surface area (Å²) in [6, 6.07) is 12.0. The second kappa shape index (κ2) is 11.9. The third kappa shape index (κ3) is 6.48. The molecular formula is C25H35NO5S. The molecule has 0 unspecified atom stereocenters. The fraction of sp³-hybridized carbons (Fsp3) is 0.480. The van der Waals surface area contributed by atoms with E-state index in [1.807, 2.05) is 39.0 Å². The van der Waals surface area contributed by atoms with Gasteiger partial charge in [0.15, 0.2) is 21.3 Å². The summed E-state index contributed by atoms with van der Waals surface area (Å²) in [5.41, 5.74) is 1.41. The first-order chi connectivity index (χ1) is 15.2. The van der Waals surface area contributed by atoms with Crippen molar-refractivity contribution in [1.29, 1.82) is 0 Å². The van der Waals surface area contributed by atoms with Gasteiger partial charge in [0.1, 0.15) is 0 Å². The van der Waals surface area contributed by atoms with Gasteiger partial charge in [-0.2, -0.15) is 0 Å². The zero-order chi connectivity index (χ0) is 23.7. The lowest BCUT2D eigenvalue weighted by atomic mass is 10.1. The molecule has 0 atom stereocenters. The number of nitrogens with zero attached hydrogens (tertiary/aromatic N) is 1. The molecule has 0 aliphatic rings. The smallest absolute Gasteiger partial charge is 0.254 e. The number of benzene rings is 2. The Morgan fingerprint density at radius 1 is 0.938 bits per heavy atom. The predicted octanol–water partition coefficient (Wildman–Crippen LogP) is 5.11. The van der Waals surface area contributed by atoms with Crippen LogP contribution in [0.1, 0.15) is 63.4 Å². The minimum Gasteiger partial charge on any atom is -0.490 e. The molecule has 176 valence electrons. The highest BCUT2D eigenvalue weighted by molar-refractivity contribution is 7.92. The number of hydrogen-bond donors (Lipinski definition) is 0. The van der Waals surface area contributed by atoms with Gasteiger partial charge in [-0.25, -0.2) is 8.42 Å². The number of sulfone groups is 1. The topological polar surface area (TPSA) is 72.9 Å². The molecule has 7 heteroatoms. The Morgan fingerprint density at radius 3 is 2.19 bits per heavy atom. The van der Waals surface area contributed by atoms with Crippen LogP contribution in [0.25, 0.3) is 0 Å². The van der Waals surface area contributed by atoms with Crippen LogP contribution in [-0.4, -0.2) is 44.2 Å². The van der Waals surface area contributed by atoms with E-state index in [4.69, 9.17) is 9.47 Å². The Morgan fingerprint density at radius 2 is 1.62 bits per heavy atom. The Balaban J connectivity index is 2.24. The van der Waals surface area contributed by atoms with Crippen molar-refractivity contribution in [2.24, 2.45) is 0 Å². The van der Waals surface area contributed by atoms with Crippen molar-refractivity contribution in [1.82, 2.24) is 4.90 Å². The first-order valence-electron chi connectivity index (χ1n) is 11.3. The van der Waals surface area contributed by atoms with Crippen LogP contribution < -0.4 is 9.47 Å². The molecule has 0 N–H and O–H groups in total. The number of hydrogen-bond acceptors (Lipinski definition) is 5. The van der Waals surface area contributed by atoms with E-state index in [0.29, 0.717) is 43.4 Å². The normalized spacial score (nSPS) is 11.4. The predicted molar refractivity (Wildman–Crippen MR) is 127 cm³/mol. The van der Waals surface area contributed by atoms with Crippen LogP contribution in [0, 0.1) is 0 Å². The number of carbonyl (C=O) groups excluding carboxylic acids is 1. The fourth-order valence-electron chi connectivity index (χ4n) is 3.24. The summed E-state index contributed by atoms with van der Waals surface area (Å²) in [6.07, 6.45) is 1.71. The number of rotatable bonds is 12. The summed E-state index contributed by atoms with van der Waals surface area (Å²) in [6.45, 7) is 11.4. The van der Waals surface area contributed by atoms with E-state index < -0.39 is 15.1 Å². The molecule has 1 amide bonds. The van der Waals surface area contributed by atoms with Gasteiger partial charge in [-0.1, -0.05) is 19.9 Å². The lowest BCUT2D eigenvalue weighted by molar-refractivity contribution is 0.0743. The minimum absolute atomic E-state index is 0.135. The Hall–Kier alpha value is -2.54. The van der Waals surface area contributed by atoms with Crippen molar-refractivity contribution in [2.45, 2.75) is 64.2 Å². The second-order valence-electron chi connectivity index (χ2n) is 7.91. The largest absolute Gasteiger partial charge is 0.490 e. The Labute approximate surface area is 192 Å². The fourth-order valence-corrected chi connectivity index (χ4v) is 4.29. The molecule has 0 aromatic heterocycles. The van der Waals surface area contributed by atoms with E-state index in [2.05, 4.69) is 0 Å². The quantitative estimate of drug-likeness (QED) is 0.439. The second-order valence-corrected chi connectivity index (χ2v) is 10.4. The minimum atomic E-state index is -3.37. The van der Waals surface area contributed by atoms with Crippen LogP contribution in [0.5, 0.6) is 11.5 Å². The van der Waals surface area contributed by atoms with Gasteiger partial charge in [0.2, 0.25) is 0 Å². The van der Waals surface area contributed by atoms with Crippen molar-refractivity contribution in [3.63, 3.8) is 0 Å². The maximum atomic E-state index is 13.2. The maximum Gasteiger partial charge on any atom is 0.254 e. The van der Waals surface area contributed by atoms with E-state index in [-0.39, 0.29) is 10.8 Å². The molecule has 2 rings (SSSR count). The van der Waals surface area contributed by atoms with Crippen LogP contribution in [0.3, 0.4) is 0 Å². The van der Waals surface area contributed by atoms with E-state index in [0.717, 1.165) is 18.4 Å². The lowest BCUT2D eigenvalue weighted by Crippen LogP contribution is -2.31. The summed E-state index contributed by atoms with van der Waals surface area (Å²) < 4.78 is 36.2. The molecule has 6 nitrogen and oxygen atoms in total. The van der Waals surface area contributed by atoms with Crippen molar-refractivity contribution in [3.8, 4) is 11.5 Å². The van der Waals surface area contributed by atoms with Gasteiger partial charge < -0.3 is 14.4 Å².